The highest BCUT2D eigenvalue weighted by molar-refractivity contribution is 6.34. The molecule has 0 saturated heterocycles. The monoisotopic (exact) mass is 366 g/mol. The molecule has 0 aliphatic heterocycles. The van der Waals surface area contributed by atoms with Gasteiger partial charge in [-0.05, 0) is 67.4 Å². The van der Waals surface area contributed by atoms with Crippen LogP contribution in [0.1, 0.15) is 21.7 Å². The van der Waals surface area contributed by atoms with Crippen molar-refractivity contribution >= 4 is 34.3 Å². The number of rotatable bonds is 3. The Kier molecular flexibility index (Phi) is 4.01. The molecule has 0 aliphatic carbocycles. The van der Waals surface area contributed by atoms with Crippen molar-refractivity contribution in [3.63, 3.8) is 0 Å². The molecule has 5 nitrogen and oxygen atoms in total. The van der Waals surface area contributed by atoms with E-state index in [1.807, 2.05) is 26.0 Å². The van der Waals surface area contributed by atoms with Gasteiger partial charge in [0.15, 0.2) is 11.3 Å². The van der Waals surface area contributed by atoms with Crippen LogP contribution in [-0.4, -0.2) is 10.9 Å². The predicted octanol–water partition coefficient (Wildman–Crippen LogP) is 5.61. The number of hydrogen-bond donors (Lipinski definition) is 1. The van der Waals surface area contributed by atoms with Gasteiger partial charge in [-0.3, -0.25) is 4.79 Å². The van der Waals surface area contributed by atoms with E-state index in [1.165, 1.54) is 6.26 Å². The fraction of sp³-hybridized carbons (Fsp3) is 0.100. The lowest BCUT2D eigenvalue weighted by atomic mass is 10.1. The lowest BCUT2D eigenvalue weighted by Crippen LogP contribution is -2.11. The second kappa shape index (κ2) is 6.35. The highest BCUT2D eigenvalue weighted by Gasteiger charge is 2.14. The molecule has 130 valence electrons. The molecule has 0 bridgehead atoms. The molecule has 4 aromatic rings. The first-order chi connectivity index (χ1) is 12.5. The molecular formula is C20H15ClN2O3. The highest BCUT2D eigenvalue weighted by atomic mass is 35.5. The molecule has 2 aromatic carbocycles. The normalized spacial score (nSPS) is 11.0. The van der Waals surface area contributed by atoms with Crippen LogP contribution >= 0.6 is 11.6 Å². The number of halogens is 1. The van der Waals surface area contributed by atoms with Crippen LogP contribution in [0.2, 0.25) is 5.02 Å². The van der Waals surface area contributed by atoms with Gasteiger partial charge in [0.25, 0.3) is 5.91 Å². The van der Waals surface area contributed by atoms with E-state index < -0.39 is 0 Å². The first-order valence-corrected chi connectivity index (χ1v) is 8.41. The van der Waals surface area contributed by atoms with Crippen LogP contribution in [0.3, 0.4) is 0 Å². The second-order valence-electron chi connectivity index (χ2n) is 6.05. The minimum atomic E-state index is -0.377. The van der Waals surface area contributed by atoms with E-state index in [0.29, 0.717) is 16.6 Å². The summed E-state index contributed by atoms with van der Waals surface area (Å²) in [4.78, 5) is 16.7. The molecule has 1 amide bonds. The molecule has 6 heteroatoms. The molecule has 0 saturated carbocycles. The highest BCUT2D eigenvalue weighted by Crippen LogP contribution is 2.31. The topological polar surface area (TPSA) is 68.3 Å². The molecule has 1 N–H and O–H groups in total. The van der Waals surface area contributed by atoms with E-state index in [4.69, 9.17) is 20.4 Å². The fourth-order valence-electron chi connectivity index (χ4n) is 2.65. The lowest BCUT2D eigenvalue weighted by molar-refractivity contribution is 0.0996. The average molecular weight is 367 g/mol. The average Bonchev–Trinajstić information content (AvgIpc) is 3.27. The van der Waals surface area contributed by atoms with Crippen LogP contribution in [0.15, 0.2) is 57.6 Å². The standard InChI is InChI=1S/C20H15ClN2O3/c1-11-8-16-18(9-12(11)2)26-20(23-16)13-5-6-14(21)15(10-13)22-19(24)17-4-3-7-25-17/h3-10H,1-2H3,(H,22,24). The van der Waals surface area contributed by atoms with E-state index >= 15 is 0 Å². The summed E-state index contributed by atoms with van der Waals surface area (Å²) in [6.07, 6.45) is 1.44. The first-order valence-electron chi connectivity index (χ1n) is 8.04. The summed E-state index contributed by atoms with van der Waals surface area (Å²) in [6, 6.07) is 12.4. The zero-order valence-corrected chi connectivity index (χ0v) is 14.9. The van der Waals surface area contributed by atoms with Gasteiger partial charge in [0.05, 0.1) is 17.0 Å². The summed E-state index contributed by atoms with van der Waals surface area (Å²) in [5.41, 5.74) is 4.98. The summed E-state index contributed by atoms with van der Waals surface area (Å²) in [5.74, 6) is 0.298. The Labute approximate surface area is 154 Å². The largest absolute Gasteiger partial charge is 0.459 e. The number of nitrogens with zero attached hydrogens (tertiary/aromatic N) is 1. The van der Waals surface area contributed by atoms with Crippen molar-refractivity contribution in [3.05, 3.63) is 70.6 Å². The summed E-state index contributed by atoms with van der Waals surface area (Å²) < 4.78 is 11.0. The number of carbonyl (C=O) groups is 1. The van der Waals surface area contributed by atoms with Crippen molar-refractivity contribution in [2.45, 2.75) is 13.8 Å². The molecule has 0 aliphatic rings. The van der Waals surface area contributed by atoms with Gasteiger partial charge < -0.3 is 14.2 Å². The Morgan fingerprint density at radius 1 is 1.12 bits per heavy atom. The minimum absolute atomic E-state index is 0.208. The van der Waals surface area contributed by atoms with E-state index in [2.05, 4.69) is 10.3 Å². The molecule has 0 radical (unpaired) electrons. The predicted molar refractivity (Wildman–Crippen MR) is 101 cm³/mol. The third-order valence-electron chi connectivity index (χ3n) is 4.21. The first kappa shape index (κ1) is 16.4. The Morgan fingerprint density at radius 2 is 1.92 bits per heavy atom. The lowest BCUT2D eigenvalue weighted by Gasteiger charge is -2.07. The Balaban J connectivity index is 1.70. The van der Waals surface area contributed by atoms with Gasteiger partial charge in [-0.1, -0.05) is 11.6 Å². The van der Waals surface area contributed by atoms with Gasteiger partial charge in [0.2, 0.25) is 5.89 Å². The number of furan rings is 1. The molecule has 0 unspecified atom stereocenters. The van der Waals surface area contributed by atoms with Crippen LogP contribution in [0.4, 0.5) is 5.69 Å². The van der Waals surface area contributed by atoms with Crippen LogP contribution < -0.4 is 5.32 Å². The molecule has 0 atom stereocenters. The summed E-state index contributed by atoms with van der Waals surface area (Å²) in [5, 5.41) is 3.15. The quantitative estimate of drug-likeness (QED) is 0.511. The van der Waals surface area contributed by atoms with Crippen LogP contribution in [-0.2, 0) is 0 Å². The number of nitrogens with one attached hydrogen (secondary N) is 1. The zero-order chi connectivity index (χ0) is 18.3. The van der Waals surface area contributed by atoms with Gasteiger partial charge in [-0.15, -0.1) is 0 Å². The summed E-state index contributed by atoms with van der Waals surface area (Å²) in [6.45, 7) is 4.06. The number of hydrogen-bond acceptors (Lipinski definition) is 4. The maximum absolute atomic E-state index is 12.2. The van der Waals surface area contributed by atoms with Gasteiger partial charge >= 0.3 is 0 Å². The van der Waals surface area contributed by atoms with E-state index in [1.54, 1.807) is 30.3 Å². The Bertz CT molecular complexity index is 1070. The number of oxazole rings is 1. The molecule has 2 heterocycles. The Hall–Kier alpha value is -3.05. The van der Waals surface area contributed by atoms with Crippen molar-refractivity contribution in [2.24, 2.45) is 0 Å². The summed E-state index contributed by atoms with van der Waals surface area (Å²) in [7, 11) is 0. The molecule has 0 spiro atoms. The zero-order valence-electron chi connectivity index (χ0n) is 14.2. The SMILES string of the molecule is Cc1cc2nc(-c3ccc(Cl)c(NC(=O)c4ccco4)c3)oc2cc1C. The van der Waals surface area contributed by atoms with Crippen molar-refractivity contribution in [1.29, 1.82) is 0 Å². The smallest absolute Gasteiger partial charge is 0.291 e. The molecule has 2 aromatic heterocycles. The summed E-state index contributed by atoms with van der Waals surface area (Å²) >= 11 is 6.21. The third kappa shape index (κ3) is 2.97. The number of carbonyl (C=O) groups excluding carboxylic acids is 1. The van der Waals surface area contributed by atoms with Crippen molar-refractivity contribution < 1.29 is 13.6 Å². The van der Waals surface area contributed by atoms with E-state index in [0.717, 1.165) is 27.8 Å². The molecule has 4 rings (SSSR count). The fourth-order valence-corrected chi connectivity index (χ4v) is 2.81. The van der Waals surface area contributed by atoms with Gasteiger partial charge in [-0.25, -0.2) is 4.98 Å². The van der Waals surface area contributed by atoms with Crippen LogP contribution in [0.25, 0.3) is 22.6 Å². The minimum Gasteiger partial charge on any atom is -0.459 e. The molecule has 26 heavy (non-hydrogen) atoms. The number of aryl methyl sites for hydroxylation is 2. The third-order valence-corrected chi connectivity index (χ3v) is 4.54. The van der Waals surface area contributed by atoms with Crippen molar-refractivity contribution in [2.75, 3.05) is 5.32 Å². The van der Waals surface area contributed by atoms with Crippen LogP contribution in [0, 0.1) is 13.8 Å². The molecule has 0 fully saturated rings. The number of anilines is 1. The van der Waals surface area contributed by atoms with Gasteiger partial charge in [-0.2, -0.15) is 0 Å². The second-order valence-corrected chi connectivity index (χ2v) is 6.46. The maximum atomic E-state index is 12.2. The van der Waals surface area contributed by atoms with Gasteiger partial charge in [0, 0.05) is 5.56 Å². The number of amides is 1. The number of aromatic nitrogens is 1. The number of fused-ring (bicyclic) bond motifs is 1. The Morgan fingerprint density at radius 3 is 2.69 bits per heavy atom. The van der Waals surface area contributed by atoms with Crippen LogP contribution in [0.5, 0.6) is 0 Å². The van der Waals surface area contributed by atoms with E-state index in [-0.39, 0.29) is 11.7 Å². The maximum Gasteiger partial charge on any atom is 0.291 e. The number of benzene rings is 2. The van der Waals surface area contributed by atoms with E-state index in [9.17, 15) is 4.79 Å². The van der Waals surface area contributed by atoms with Crippen molar-refractivity contribution in [3.8, 4) is 11.5 Å². The van der Waals surface area contributed by atoms with Crippen molar-refractivity contribution in [1.82, 2.24) is 4.98 Å². The molecular weight excluding hydrogens is 352 g/mol. The van der Waals surface area contributed by atoms with Gasteiger partial charge in [0.1, 0.15) is 5.52 Å².